The van der Waals surface area contributed by atoms with Crippen molar-refractivity contribution in [1.82, 2.24) is 10.2 Å². The summed E-state index contributed by atoms with van der Waals surface area (Å²) in [6.07, 6.45) is 2.74. The van der Waals surface area contributed by atoms with Crippen molar-refractivity contribution in [3.63, 3.8) is 0 Å². The molecule has 1 atom stereocenters. The lowest BCUT2D eigenvalue weighted by molar-refractivity contribution is -0.120. The van der Waals surface area contributed by atoms with Crippen LogP contribution in [0.1, 0.15) is 29.3 Å². The van der Waals surface area contributed by atoms with Gasteiger partial charge in [-0.2, -0.15) is 0 Å². The first-order chi connectivity index (χ1) is 12.7. The van der Waals surface area contributed by atoms with Gasteiger partial charge in [-0.3, -0.25) is 9.69 Å². The maximum absolute atomic E-state index is 12.5. The molecule has 26 heavy (non-hydrogen) atoms. The molecular weight excluding hydrogens is 348 g/mol. The molecule has 0 bridgehead atoms. The van der Waals surface area contributed by atoms with Crippen LogP contribution in [0, 0.1) is 0 Å². The summed E-state index contributed by atoms with van der Waals surface area (Å²) in [4.78, 5) is 16.3. The van der Waals surface area contributed by atoms with E-state index in [1.54, 1.807) is 25.6 Å². The van der Waals surface area contributed by atoms with Crippen LogP contribution in [0.25, 0.3) is 0 Å². The zero-order valence-electron chi connectivity index (χ0n) is 15.4. The Bertz CT molecular complexity index is 712. The summed E-state index contributed by atoms with van der Waals surface area (Å²) in [7, 11) is 3.23. The molecular formula is C20H26N2O3S. The van der Waals surface area contributed by atoms with Crippen LogP contribution in [0.4, 0.5) is 0 Å². The van der Waals surface area contributed by atoms with Gasteiger partial charge in [-0.05, 0) is 55.6 Å². The number of benzene rings is 1. The molecule has 1 unspecified atom stereocenters. The first-order valence-electron chi connectivity index (χ1n) is 8.96. The summed E-state index contributed by atoms with van der Waals surface area (Å²) in [6, 6.07) is 10.0. The maximum atomic E-state index is 12.5. The number of hydrogen-bond acceptors (Lipinski definition) is 5. The number of likely N-dealkylation sites (tertiary alicyclic amines) is 1. The normalized spacial score (nSPS) is 15.6. The quantitative estimate of drug-likeness (QED) is 0.771. The van der Waals surface area contributed by atoms with Crippen molar-refractivity contribution in [2.75, 3.05) is 33.9 Å². The molecule has 1 fully saturated rings. The number of carbonyl (C=O) groups is 1. The lowest BCUT2D eigenvalue weighted by Gasteiger charge is -2.27. The van der Waals surface area contributed by atoms with Gasteiger partial charge in [0.25, 0.3) is 0 Å². The van der Waals surface area contributed by atoms with Crippen molar-refractivity contribution >= 4 is 17.2 Å². The highest BCUT2D eigenvalue weighted by atomic mass is 32.1. The number of nitrogens with zero attached hydrogens (tertiary/aromatic N) is 1. The number of nitrogens with one attached hydrogen (secondary N) is 1. The van der Waals surface area contributed by atoms with Crippen LogP contribution >= 0.6 is 11.3 Å². The second-order valence-corrected chi connectivity index (χ2v) is 7.41. The van der Waals surface area contributed by atoms with E-state index in [0.29, 0.717) is 12.3 Å². The van der Waals surface area contributed by atoms with Gasteiger partial charge in [0, 0.05) is 17.0 Å². The molecule has 6 heteroatoms. The van der Waals surface area contributed by atoms with Gasteiger partial charge in [-0.15, -0.1) is 11.3 Å². The van der Waals surface area contributed by atoms with Crippen molar-refractivity contribution in [2.24, 2.45) is 0 Å². The topological polar surface area (TPSA) is 50.8 Å². The Morgan fingerprint density at radius 2 is 2.04 bits per heavy atom. The van der Waals surface area contributed by atoms with Gasteiger partial charge in [-0.1, -0.05) is 6.07 Å². The Hall–Kier alpha value is -2.05. The fraction of sp³-hybridized carbons (Fsp3) is 0.450. The molecule has 1 aromatic heterocycles. The molecule has 1 aliphatic rings. The molecule has 2 aromatic rings. The standard InChI is InChI=1S/C20H26N2O3S/c1-24-16-7-8-18(25-2)15(12-16)13-20(23)21-14-17(19-6-5-11-26-19)22-9-3-4-10-22/h5-8,11-12,17H,3-4,9-10,13-14H2,1-2H3,(H,21,23). The molecule has 2 heterocycles. The number of carbonyl (C=O) groups excluding carboxylic acids is 1. The number of ether oxygens (including phenoxy) is 2. The third kappa shape index (κ3) is 4.56. The van der Waals surface area contributed by atoms with Crippen LogP contribution in [-0.2, 0) is 11.2 Å². The number of amides is 1. The Morgan fingerprint density at radius 3 is 2.69 bits per heavy atom. The lowest BCUT2D eigenvalue weighted by Crippen LogP contribution is -2.37. The van der Waals surface area contributed by atoms with Gasteiger partial charge in [0.2, 0.25) is 5.91 Å². The van der Waals surface area contributed by atoms with E-state index in [2.05, 4.69) is 27.7 Å². The largest absolute Gasteiger partial charge is 0.497 e. The van der Waals surface area contributed by atoms with Gasteiger partial charge >= 0.3 is 0 Å². The van der Waals surface area contributed by atoms with Crippen molar-refractivity contribution in [3.05, 3.63) is 46.2 Å². The fourth-order valence-electron chi connectivity index (χ4n) is 3.41. The molecule has 0 aliphatic carbocycles. The highest BCUT2D eigenvalue weighted by molar-refractivity contribution is 7.10. The Labute approximate surface area is 158 Å². The molecule has 0 saturated carbocycles. The first kappa shape index (κ1) is 18.7. The molecule has 1 aliphatic heterocycles. The number of methoxy groups -OCH3 is 2. The monoisotopic (exact) mass is 374 g/mol. The summed E-state index contributed by atoms with van der Waals surface area (Å²) >= 11 is 1.76. The van der Waals surface area contributed by atoms with E-state index in [1.165, 1.54) is 17.7 Å². The minimum Gasteiger partial charge on any atom is -0.497 e. The second-order valence-electron chi connectivity index (χ2n) is 6.43. The van der Waals surface area contributed by atoms with Gasteiger partial charge < -0.3 is 14.8 Å². The molecule has 3 rings (SSSR count). The maximum Gasteiger partial charge on any atom is 0.224 e. The molecule has 1 amide bonds. The number of hydrogen-bond donors (Lipinski definition) is 1. The Morgan fingerprint density at radius 1 is 1.23 bits per heavy atom. The minimum absolute atomic E-state index is 0.00249. The second kappa shape index (κ2) is 9.05. The minimum atomic E-state index is -0.00249. The van der Waals surface area contributed by atoms with E-state index >= 15 is 0 Å². The van der Waals surface area contributed by atoms with Gasteiger partial charge in [0.1, 0.15) is 11.5 Å². The Kier molecular flexibility index (Phi) is 6.52. The number of rotatable bonds is 8. The summed E-state index contributed by atoms with van der Waals surface area (Å²) in [5.41, 5.74) is 0.832. The van der Waals surface area contributed by atoms with E-state index in [4.69, 9.17) is 9.47 Å². The molecule has 5 nitrogen and oxygen atoms in total. The highest BCUT2D eigenvalue weighted by Crippen LogP contribution is 2.28. The number of thiophene rings is 1. The van der Waals surface area contributed by atoms with E-state index in [0.717, 1.165) is 24.4 Å². The zero-order chi connectivity index (χ0) is 18.4. The lowest BCUT2D eigenvalue weighted by atomic mass is 10.1. The predicted octanol–water partition coefficient (Wildman–Crippen LogP) is 3.26. The van der Waals surface area contributed by atoms with Gasteiger partial charge in [0.15, 0.2) is 0 Å². The van der Waals surface area contributed by atoms with Crippen LogP contribution in [-0.4, -0.2) is 44.7 Å². The third-order valence-corrected chi connectivity index (χ3v) is 5.76. The van der Waals surface area contributed by atoms with E-state index in [9.17, 15) is 4.79 Å². The van der Waals surface area contributed by atoms with Crippen molar-refractivity contribution in [1.29, 1.82) is 0 Å². The molecule has 1 saturated heterocycles. The Balaban J connectivity index is 1.64. The third-order valence-electron chi connectivity index (χ3n) is 4.78. The zero-order valence-corrected chi connectivity index (χ0v) is 16.2. The van der Waals surface area contributed by atoms with Crippen molar-refractivity contribution < 1.29 is 14.3 Å². The van der Waals surface area contributed by atoms with E-state index in [1.807, 2.05) is 18.2 Å². The smallest absolute Gasteiger partial charge is 0.224 e. The molecule has 0 radical (unpaired) electrons. The average Bonchev–Trinajstić information content (AvgIpc) is 3.36. The predicted molar refractivity (Wildman–Crippen MR) is 104 cm³/mol. The van der Waals surface area contributed by atoms with Crippen LogP contribution < -0.4 is 14.8 Å². The van der Waals surface area contributed by atoms with Crippen LogP contribution in [0.2, 0.25) is 0 Å². The molecule has 140 valence electrons. The van der Waals surface area contributed by atoms with E-state index < -0.39 is 0 Å². The van der Waals surface area contributed by atoms with Gasteiger partial charge in [-0.25, -0.2) is 0 Å². The van der Waals surface area contributed by atoms with Crippen LogP contribution in [0.5, 0.6) is 11.5 Å². The summed E-state index contributed by atoms with van der Waals surface area (Å²) in [6.45, 7) is 2.83. The molecule has 1 N–H and O–H groups in total. The molecule has 1 aromatic carbocycles. The SMILES string of the molecule is COc1ccc(OC)c(CC(=O)NCC(c2cccs2)N2CCCC2)c1. The van der Waals surface area contributed by atoms with Gasteiger partial charge in [0.05, 0.1) is 26.7 Å². The summed E-state index contributed by atoms with van der Waals surface area (Å²) < 4.78 is 10.6. The summed E-state index contributed by atoms with van der Waals surface area (Å²) in [5.74, 6) is 1.43. The first-order valence-corrected chi connectivity index (χ1v) is 9.84. The van der Waals surface area contributed by atoms with Crippen molar-refractivity contribution in [2.45, 2.75) is 25.3 Å². The summed E-state index contributed by atoms with van der Waals surface area (Å²) in [5, 5.41) is 5.21. The fourth-order valence-corrected chi connectivity index (χ4v) is 4.27. The van der Waals surface area contributed by atoms with Crippen LogP contribution in [0.15, 0.2) is 35.7 Å². The van der Waals surface area contributed by atoms with Crippen molar-refractivity contribution in [3.8, 4) is 11.5 Å². The highest BCUT2D eigenvalue weighted by Gasteiger charge is 2.24. The average molecular weight is 375 g/mol. The molecule has 0 spiro atoms. The van der Waals surface area contributed by atoms with E-state index in [-0.39, 0.29) is 18.4 Å². The van der Waals surface area contributed by atoms with Crippen LogP contribution in [0.3, 0.4) is 0 Å².